The Morgan fingerprint density at radius 1 is 1.04 bits per heavy atom. The number of carbonyl (C=O) groups excluding carboxylic acids is 1. The molecule has 1 N–H and O–H groups in total. The van der Waals surface area contributed by atoms with Crippen molar-refractivity contribution in [1.82, 2.24) is 4.31 Å². The van der Waals surface area contributed by atoms with Gasteiger partial charge in [-0.2, -0.15) is 4.31 Å². The molecule has 2 aromatic carbocycles. The molecule has 1 amide bonds. The van der Waals surface area contributed by atoms with Crippen molar-refractivity contribution in [3.63, 3.8) is 0 Å². The van der Waals surface area contributed by atoms with E-state index in [1.807, 2.05) is 42.3 Å². The first-order valence-corrected chi connectivity index (χ1v) is 10.6. The standard InChI is InChI=1S/C20H25N3O3S/c1-22(18-10-4-2-5-11-18)16-20(24)21-17-9-8-12-19(15-17)27(25,26)23-13-6-3-7-14-23/h2,4-5,8-12,15H,3,6-7,13-14,16H2,1H3,(H,21,24). The molecule has 0 atom stereocenters. The summed E-state index contributed by atoms with van der Waals surface area (Å²) in [7, 11) is -1.68. The molecule has 1 heterocycles. The Labute approximate surface area is 160 Å². The summed E-state index contributed by atoms with van der Waals surface area (Å²) in [5.74, 6) is -0.200. The summed E-state index contributed by atoms with van der Waals surface area (Å²) >= 11 is 0. The maximum Gasteiger partial charge on any atom is 0.243 e. The van der Waals surface area contributed by atoms with Crippen LogP contribution >= 0.6 is 0 Å². The molecule has 3 rings (SSSR count). The van der Waals surface area contributed by atoms with Crippen LogP contribution in [0.5, 0.6) is 0 Å². The lowest BCUT2D eigenvalue weighted by Gasteiger charge is -2.26. The van der Waals surface area contributed by atoms with E-state index in [-0.39, 0.29) is 17.3 Å². The zero-order chi connectivity index (χ0) is 19.3. The number of carbonyl (C=O) groups is 1. The smallest absolute Gasteiger partial charge is 0.243 e. The zero-order valence-electron chi connectivity index (χ0n) is 15.5. The second kappa shape index (κ2) is 8.54. The van der Waals surface area contributed by atoms with Gasteiger partial charge in [0.1, 0.15) is 0 Å². The van der Waals surface area contributed by atoms with Gasteiger partial charge in [0.05, 0.1) is 11.4 Å². The number of sulfonamides is 1. The lowest BCUT2D eigenvalue weighted by Crippen LogP contribution is -2.35. The molecular weight excluding hydrogens is 362 g/mol. The predicted octanol–water partition coefficient (Wildman–Crippen LogP) is 2.94. The first-order chi connectivity index (χ1) is 13.0. The van der Waals surface area contributed by atoms with Crippen molar-refractivity contribution >= 4 is 27.3 Å². The van der Waals surface area contributed by atoms with Crippen LogP contribution in [-0.2, 0) is 14.8 Å². The summed E-state index contributed by atoms with van der Waals surface area (Å²) in [4.78, 5) is 14.4. The van der Waals surface area contributed by atoms with Crippen molar-refractivity contribution < 1.29 is 13.2 Å². The van der Waals surface area contributed by atoms with Gasteiger partial charge in [-0.15, -0.1) is 0 Å². The highest BCUT2D eigenvalue weighted by Crippen LogP contribution is 2.23. The highest BCUT2D eigenvalue weighted by Gasteiger charge is 2.26. The molecule has 6 nitrogen and oxygen atoms in total. The highest BCUT2D eigenvalue weighted by molar-refractivity contribution is 7.89. The van der Waals surface area contributed by atoms with E-state index in [0.717, 1.165) is 24.9 Å². The number of hydrogen-bond acceptors (Lipinski definition) is 4. The Bertz CT molecular complexity index is 878. The van der Waals surface area contributed by atoms with Gasteiger partial charge in [0.2, 0.25) is 15.9 Å². The SMILES string of the molecule is CN(CC(=O)Nc1cccc(S(=O)(=O)N2CCCCC2)c1)c1ccccc1. The predicted molar refractivity (Wildman–Crippen MR) is 107 cm³/mol. The van der Waals surface area contributed by atoms with Crippen LogP contribution in [0, 0.1) is 0 Å². The van der Waals surface area contributed by atoms with Gasteiger partial charge in [-0.25, -0.2) is 8.42 Å². The van der Waals surface area contributed by atoms with Crippen molar-refractivity contribution in [2.45, 2.75) is 24.2 Å². The number of piperidine rings is 1. The van der Waals surface area contributed by atoms with Crippen molar-refractivity contribution in [3.8, 4) is 0 Å². The van der Waals surface area contributed by atoms with Crippen LogP contribution in [-0.4, -0.2) is 45.3 Å². The normalized spacial score (nSPS) is 15.3. The number of nitrogens with zero attached hydrogens (tertiary/aromatic N) is 2. The minimum Gasteiger partial charge on any atom is -0.365 e. The number of hydrogen-bond donors (Lipinski definition) is 1. The first kappa shape index (κ1) is 19.4. The summed E-state index contributed by atoms with van der Waals surface area (Å²) in [6.07, 6.45) is 2.85. The number of amides is 1. The summed E-state index contributed by atoms with van der Waals surface area (Å²) in [5, 5.41) is 2.79. The van der Waals surface area contributed by atoms with Gasteiger partial charge in [-0.05, 0) is 43.2 Å². The average Bonchev–Trinajstić information content (AvgIpc) is 2.69. The molecule has 1 aliphatic heterocycles. The van der Waals surface area contributed by atoms with Gasteiger partial charge in [0.15, 0.2) is 0 Å². The fourth-order valence-electron chi connectivity index (χ4n) is 3.18. The largest absolute Gasteiger partial charge is 0.365 e. The Balaban J connectivity index is 1.67. The van der Waals surface area contributed by atoms with Crippen LogP contribution < -0.4 is 10.2 Å². The lowest BCUT2D eigenvalue weighted by atomic mass is 10.2. The van der Waals surface area contributed by atoms with Crippen LogP contribution in [0.3, 0.4) is 0 Å². The van der Waals surface area contributed by atoms with E-state index in [1.165, 1.54) is 10.4 Å². The molecule has 7 heteroatoms. The van der Waals surface area contributed by atoms with Crippen LogP contribution in [0.1, 0.15) is 19.3 Å². The van der Waals surface area contributed by atoms with Crippen molar-refractivity contribution in [2.24, 2.45) is 0 Å². The monoisotopic (exact) mass is 387 g/mol. The van der Waals surface area contributed by atoms with Crippen LogP contribution in [0.2, 0.25) is 0 Å². The number of likely N-dealkylation sites (N-methyl/N-ethyl adjacent to an activating group) is 1. The molecule has 27 heavy (non-hydrogen) atoms. The third-order valence-electron chi connectivity index (χ3n) is 4.65. The molecule has 0 aliphatic carbocycles. The van der Waals surface area contributed by atoms with Gasteiger partial charge in [-0.3, -0.25) is 4.79 Å². The molecule has 0 radical (unpaired) electrons. The molecule has 1 fully saturated rings. The van der Waals surface area contributed by atoms with Crippen molar-refractivity contribution in [3.05, 3.63) is 54.6 Å². The second-order valence-corrected chi connectivity index (χ2v) is 8.67. The van der Waals surface area contributed by atoms with Gasteiger partial charge in [0.25, 0.3) is 0 Å². The molecule has 0 spiro atoms. The van der Waals surface area contributed by atoms with E-state index in [4.69, 9.17) is 0 Å². The van der Waals surface area contributed by atoms with E-state index >= 15 is 0 Å². The maximum absolute atomic E-state index is 12.8. The van der Waals surface area contributed by atoms with E-state index in [0.29, 0.717) is 18.8 Å². The van der Waals surface area contributed by atoms with Gasteiger partial charge in [-0.1, -0.05) is 30.7 Å². The van der Waals surface area contributed by atoms with Gasteiger partial charge < -0.3 is 10.2 Å². The third-order valence-corrected chi connectivity index (χ3v) is 6.54. The highest BCUT2D eigenvalue weighted by atomic mass is 32.2. The molecule has 0 aromatic heterocycles. The number of anilines is 2. The third kappa shape index (κ3) is 4.87. The lowest BCUT2D eigenvalue weighted by molar-refractivity contribution is -0.114. The fraction of sp³-hybridized carbons (Fsp3) is 0.350. The molecule has 0 bridgehead atoms. The molecule has 2 aromatic rings. The summed E-state index contributed by atoms with van der Waals surface area (Å²) in [6, 6.07) is 16.1. The average molecular weight is 388 g/mol. The quantitative estimate of drug-likeness (QED) is 0.827. The number of nitrogens with one attached hydrogen (secondary N) is 1. The van der Waals surface area contributed by atoms with Gasteiger partial charge >= 0.3 is 0 Å². The molecule has 1 aliphatic rings. The Morgan fingerprint density at radius 3 is 2.44 bits per heavy atom. The Morgan fingerprint density at radius 2 is 1.74 bits per heavy atom. The summed E-state index contributed by atoms with van der Waals surface area (Å²) in [5.41, 5.74) is 1.42. The topological polar surface area (TPSA) is 69.7 Å². The Hall–Kier alpha value is -2.38. The van der Waals surface area contributed by atoms with E-state index < -0.39 is 10.0 Å². The number of para-hydroxylation sites is 1. The van der Waals surface area contributed by atoms with E-state index in [2.05, 4.69) is 5.32 Å². The second-order valence-electron chi connectivity index (χ2n) is 6.73. The van der Waals surface area contributed by atoms with E-state index in [9.17, 15) is 13.2 Å². The van der Waals surface area contributed by atoms with Gasteiger partial charge in [0, 0.05) is 31.5 Å². The molecular formula is C20H25N3O3S. The van der Waals surface area contributed by atoms with Crippen molar-refractivity contribution in [1.29, 1.82) is 0 Å². The summed E-state index contributed by atoms with van der Waals surface area (Å²) < 4.78 is 27.1. The van der Waals surface area contributed by atoms with Crippen LogP contribution in [0.25, 0.3) is 0 Å². The maximum atomic E-state index is 12.8. The van der Waals surface area contributed by atoms with Crippen molar-refractivity contribution in [2.75, 3.05) is 36.9 Å². The minimum absolute atomic E-state index is 0.174. The fourth-order valence-corrected chi connectivity index (χ4v) is 4.74. The zero-order valence-corrected chi connectivity index (χ0v) is 16.3. The van der Waals surface area contributed by atoms with Crippen LogP contribution in [0.15, 0.2) is 59.5 Å². The number of benzene rings is 2. The van der Waals surface area contributed by atoms with E-state index in [1.54, 1.807) is 18.2 Å². The minimum atomic E-state index is -3.51. The molecule has 0 saturated carbocycles. The molecule has 1 saturated heterocycles. The first-order valence-electron chi connectivity index (χ1n) is 9.13. The molecule has 144 valence electrons. The van der Waals surface area contributed by atoms with Crippen LogP contribution in [0.4, 0.5) is 11.4 Å². The number of rotatable bonds is 6. The summed E-state index contributed by atoms with van der Waals surface area (Å²) in [6.45, 7) is 1.29. The Kier molecular flexibility index (Phi) is 6.13. The molecule has 0 unspecified atom stereocenters.